The fraction of sp³-hybridized carbons (Fsp3) is 0.267. The summed E-state index contributed by atoms with van der Waals surface area (Å²) in [6.07, 6.45) is 1.60. The van der Waals surface area contributed by atoms with Crippen LogP contribution in [0.25, 0.3) is 0 Å². The lowest BCUT2D eigenvalue weighted by atomic mass is 9.91. The van der Waals surface area contributed by atoms with Crippen LogP contribution in [-0.2, 0) is 17.6 Å². The van der Waals surface area contributed by atoms with Crippen molar-refractivity contribution < 1.29 is 19.1 Å². The topological polar surface area (TPSA) is 79.3 Å². The van der Waals surface area contributed by atoms with Gasteiger partial charge in [-0.1, -0.05) is 6.07 Å². The highest BCUT2D eigenvalue weighted by molar-refractivity contribution is 7.15. The zero-order valence-corrected chi connectivity index (χ0v) is 12.3. The van der Waals surface area contributed by atoms with Crippen molar-refractivity contribution in [3.05, 3.63) is 46.2 Å². The molecular weight excluding hydrogens is 307 g/mol. The van der Waals surface area contributed by atoms with E-state index >= 15 is 0 Å². The third kappa shape index (κ3) is 2.99. The monoisotopic (exact) mass is 320 g/mol. The SMILES string of the molecule is O=C(Nc1nc2c(s1)CC(C(=O)O)CC2)c1cccc(F)c1. The summed E-state index contributed by atoms with van der Waals surface area (Å²) < 4.78 is 13.1. The van der Waals surface area contributed by atoms with E-state index in [2.05, 4.69) is 10.3 Å². The number of benzene rings is 1. The molecule has 0 radical (unpaired) electrons. The van der Waals surface area contributed by atoms with E-state index in [4.69, 9.17) is 5.11 Å². The second kappa shape index (κ2) is 5.84. The number of thiazole rings is 1. The summed E-state index contributed by atoms with van der Waals surface area (Å²) in [5.74, 6) is -2.10. The Hall–Kier alpha value is -2.28. The zero-order chi connectivity index (χ0) is 15.7. The van der Waals surface area contributed by atoms with Crippen LogP contribution in [-0.4, -0.2) is 22.0 Å². The fourth-order valence-electron chi connectivity index (χ4n) is 2.44. The van der Waals surface area contributed by atoms with Crippen LogP contribution in [0.4, 0.5) is 9.52 Å². The van der Waals surface area contributed by atoms with Crippen LogP contribution in [0.1, 0.15) is 27.3 Å². The Bertz CT molecular complexity index is 744. The summed E-state index contributed by atoms with van der Waals surface area (Å²) in [5, 5.41) is 12.1. The van der Waals surface area contributed by atoms with Gasteiger partial charge in [0.25, 0.3) is 5.91 Å². The number of aromatic nitrogens is 1. The normalized spacial score (nSPS) is 16.9. The van der Waals surface area contributed by atoms with E-state index in [1.165, 1.54) is 29.5 Å². The largest absolute Gasteiger partial charge is 0.481 e. The minimum absolute atomic E-state index is 0.219. The molecule has 22 heavy (non-hydrogen) atoms. The number of rotatable bonds is 3. The summed E-state index contributed by atoms with van der Waals surface area (Å²) in [5.41, 5.74) is 1.06. The van der Waals surface area contributed by atoms with Crippen LogP contribution in [0.2, 0.25) is 0 Å². The van der Waals surface area contributed by atoms with Crippen LogP contribution < -0.4 is 5.32 Å². The Morgan fingerprint density at radius 3 is 2.95 bits per heavy atom. The summed E-state index contributed by atoms with van der Waals surface area (Å²) >= 11 is 1.28. The van der Waals surface area contributed by atoms with Gasteiger partial charge >= 0.3 is 5.97 Å². The van der Waals surface area contributed by atoms with Gasteiger partial charge in [0.15, 0.2) is 5.13 Å². The van der Waals surface area contributed by atoms with Gasteiger partial charge in [-0.05, 0) is 37.5 Å². The van der Waals surface area contributed by atoms with Crippen molar-refractivity contribution >= 4 is 28.3 Å². The molecule has 0 fully saturated rings. The quantitative estimate of drug-likeness (QED) is 0.911. The molecule has 0 spiro atoms. The first-order valence-corrected chi connectivity index (χ1v) is 7.63. The molecule has 1 aromatic heterocycles. The third-order valence-electron chi connectivity index (χ3n) is 3.60. The lowest BCUT2D eigenvalue weighted by molar-refractivity contribution is -0.142. The van der Waals surface area contributed by atoms with E-state index in [-0.39, 0.29) is 11.5 Å². The Morgan fingerprint density at radius 2 is 2.23 bits per heavy atom. The number of hydrogen-bond donors (Lipinski definition) is 2. The standard InChI is InChI=1S/C15H13FN2O3S/c16-10-3-1-2-8(6-10)13(19)18-15-17-11-5-4-9(14(20)21)7-12(11)22-15/h1-3,6,9H,4-5,7H2,(H,20,21)(H,17,18,19). The number of fused-ring (bicyclic) bond motifs is 1. The highest BCUT2D eigenvalue weighted by Gasteiger charge is 2.27. The Balaban J connectivity index is 1.75. The first kappa shape index (κ1) is 14.6. The minimum atomic E-state index is -0.801. The molecule has 5 nitrogen and oxygen atoms in total. The molecule has 1 atom stereocenters. The minimum Gasteiger partial charge on any atom is -0.481 e. The van der Waals surface area contributed by atoms with Crippen LogP contribution >= 0.6 is 11.3 Å². The van der Waals surface area contributed by atoms with Gasteiger partial charge in [-0.15, -0.1) is 11.3 Å². The molecule has 1 aliphatic rings. The van der Waals surface area contributed by atoms with Crippen molar-refractivity contribution in [1.29, 1.82) is 0 Å². The molecule has 3 rings (SSSR count). The number of carboxylic acid groups (broad SMARTS) is 1. The fourth-order valence-corrected chi connectivity index (χ4v) is 3.52. The molecule has 1 amide bonds. The van der Waals surface area contributed by atoms with E-state index in [0.29, 0.717) is 24.4 Å². The molecule has 1 heterocycles. The predicted octanol–water partition coefficient (Wildman–Crippen LogP) is 2.72. The Labute approximate surface area is 129 Å². The van der Waals surface area contributed by atoms with Gasteiger partial charge in [0.2, 0.25) is 0 Å². The summed E-state index contributed by atoms with van der Waals surface area (Å²) in [6.45, 7) is 0. The maximum atomic E-state index is 13.1. The number of nitrogens with one attached hydrogen (secondary N) is 1. The van der Waals surface area contributed by atoms with Crippen molar-refractivity contribution in [3.63, 3.8) is 0 Å². The molecule has 0 bridgehead atoms. The number of halogens is 1. The van der Waals surface area contributed by atoms with Gasteiger partial charge in [0, 0.05) is 10.4 Å². The number of carboxylic acids is 1. The van der Waals surface area contributed by atoms with E-state index in [9.17, 15) is 14.0 Å². The van der Waals surface area contributed by atoms with Crippen LogP contribution in [0.3, 0.4) is 0 Å². The number of nitrogens with zero attached hydrogens (tertiary/aromatic N) is 1. The van der Waals surface area contributed by atoms with E-state index in [0.717, 1.165) is 16.6 Å². The number of carbonyl (C=O) groups excluding carboxylic acids is 1. The number of aryl methyl sites for hydroxylation is 1. The van der Waals surface area contributed by atoms with Crippen LogP contribution in [0, 0.1) is 11.7 Å². The van der Waals surface area contributed by atoms with Crippen molar-refractivity contribution in [2.24, 2.45) is 5.92 Å². The lowest BCUT2D eigenvalue weighted by Gasteiger charge is -2.16. The first-order valence-electron chi connectivity index (χ1n) is 6.81. The number of aliphatic carboxylic acids is 1. The highest BCUT2D eigenvalue weighted by atomic mass is 32.1. The van der Waals surface area contributed by atoms with Gasteiger partial charge in [0.1, 0.15) is 5.82 Å². The van der Waals surface area contributed by atoms with Gasteiger partial charge in [0.05, 0.1) is 11.6 Å². The molecule has 114 valence electrons. The van der Waals surface area contributed by atoms with Crippen LogP contribution in [0.15, 0.2) is 24.3 Å². The number of amides is 1. The molecule has 1 aliphatic carbocycles. The van der Waals surface area contributed by atoms with Crippen LogP contribution in [0.5, 0.6) is 0 Å². The molecule has 7 heteroatoms. The van der Waals surface area contributed by atoms with E-state index < -0.39 is 17.7 Å². The number of carbonyl (C=O) groups is 2. The Morgan fingerprint density at radius 1 is 1.41 bits per heavy atom. The van der Waals surface area contributed by atoms with Crippen molar-refractivity contribution in [1.82, 2.24) is 4.98 Å². The third-order valence-corrected chi connectivity index (χ3v) is 4.63. The van der Waals surface area contributed by atoms with E-state index in [1.807, 2.05) is 0 Å². The summed E-state index contributed by atoms with van der Waals surface area (Å²) in [7, 11) is 0. The Kier molecular flexibility index (Phi) is 3.89. The van der Waals surface area contributed by atoms with Gasteiger partial charge in [-0.3, -0.25) is 14.9 Å². The van der Waals surface area contributed by atoms with Gasteiger partial charge in [-0.25, -0.2) is 9.37 Å². The molecule has 0 saturated carbocycles. The predicted molar refractivity (Wildman–Crippen MR) is 79.6 cm³/mol. The van der Waals surface area contributed by atoms with Crippen molar-refractivity contribution in [2.45, 2.75) is 19.3 Å². The van der Waals surface area contributed by atoms with Crippen molar-refractivity contribution in [2.75, 3.05) is 5.32 Å². The number of anilines is 1. The molecule has 2 N–H and O–H groups in total. The van der Waals surface area contributed by atoms with E-state index in [1.54, 1.807) is 0 Å². The average molecular weight is 320 g/mol. The zero-order valence-electron chi connectivity index (χ0n) is 11.5. The molecule has 1 unspecified atom stereocenters. The second-order valence-electron chi connectivity index (χ2n) is 5.13. The highest BCUT2D eigenvalue weighted by Crippen LogP contribution is 2.32. The average Bonchev–Trinajstić information content (AvgIpc) is 2.88. The molecule has 0 aliphatic heterocycles. The molecule has 2 aromatic rings. The first-order chi connectivity index (χ1) is 10.5. The van der Waals surface area contributed by atoms with Crippen molar-refractivity contribution in [3.8, 4) is 0 Å². The number of hydrogen-bond acceptors (Lipinski definition) is 4. The van der Waals surface area contributed by atoms with Gasteiger partial charge in [-0.2, -0.15) is 0 Å². The maximum absolute atomic E-state index is 13.1. The maximum Gasteiger partial charge on any atom is 0.306 e. The molecular formula is C15H13FN2O3S. The lowest BCUT2D eigenvalue weighted by Crippen LogP contribution is -2.21. The molecule has 1 aromatic carbocycles. The second-order valence-corrected chi connectivity index (χ2v) is 6.21. The summed E-state index contributed by atoms with van der Waals surface area (Å²) in [6, 6.07) is 5.41. The molecule has 0 saturated heterocycles. The summed E-state index contributed by atoms with van der Waals surface area (Å²) in [4.78, 5) is 28.3. The van der Waals surface area contributed by atoms with Gasteiger partial charge < -0.3 is 5.11 Å². The smallest absolute Gasteiger partial charge is 0.306 e.